The Morgan fingerprint density at radius 3 is 2.52 bits per heavy atom. The number of methoxy groups -OCH3 is 1. The van der Waals surface area contributed by atoms with Gasteiger partial charge in [-0.3, -0.25) is 14.7 Å². The number of nitrogens with one attached hydrogen (secondary N) is 1. The Labute approximate surface area is 193 Å². The molecule has 0 spiro atoms. The minimum absolute atomic E-state index is 0.0624. The molecule has 0 aliphatic rings. The number of hydrogen-bond donors (Lipinski definition) is 3. The zero-order chi connectivity index (χ0) is 24.6. The molecule has 2 aromatic rings. The molecule has 0 radical (unpaired) electrons. The molecule has 11 nitrogen and oxygen atoms in total. The summed E-state index contributed by atoms with van der Waals surface area (Å²) in [6.07, 6.45) is -1.92. The molecule has 3 N–H and O–H groups in total. The molecule has 0 aromatic heterocycles. The lowest BCUT2D eigenvalue weighted by Gasteiger charge is -2.21. The van der Waals surface area contributed by atoms with E-state index in [2.05, 4.69) is 10.1 Å². The van der Waals surface area contributed by atoms with Crippen LogP contribution in [0.4, 0.5) is 10.5 Å². The Kier molecular flexibility index (Phi) is 9.36. The van der Waals surface area contributed by atoms with Crippen LogP contribution in [0.1, 0.15) is 23.4 Å². The molecule has 33 heavy (non-hydrogen) atoms. The summed E-state index contributed by atoms with van der Waals surface area (Å²) in [6, 6.07) is 10.6. The molecular weight excluding hydrogens is 479 g/mol. The van der Waals surface area contributed by atoms with Crippen LogP contribution in [-0.2, 0) is 25.4 Å². The summed E-state index contributed by atoms with van der Waals surface area (Å²) in [5.41, 5.74) is -0.0208. The zero-order valence-electron chi connectivity index (χ0n) is 17.4. The van der Waals surface area contributed by atoms with Gasteiger partial charge in [-0.25, -0.2) is 9.59 Å². The molecule has 0 aliphatic heterocycles. The van der Waals surface area contributed by atoms with Crippen LogP contribution in [0.5, 0.6) is 0 Å². The van der Waals surface area contributed by atoms with E-state index >= 15 is 0 Å². The Balaban J connectivity index is 2.04. The largest absolute Gasteiger partial charge is 0.467 e. The Morgan fingerprint density at radius 1 is 1.24 bits per heavy atom. The minimum atomic E-state index is -4.39. The molecule has 2 aromatic carbocycles. The van der Waals surface area contributed by atoms with E-state index in [1.165, 1.54) is 6.07 Å². The number of benzene rings is 2. The van der Waals surface area contributed by atoms with Crippen molar-refractivity contribution in [2.45, 2.75) is 24.9 Å². The van der Waals surface area contributed by atoms with Gasteiger partial charge in [0, 0.05) is 12.2 Å². The number of nitro groups is 1. The minimum Gasteiger partial charge on any atom is -0.467 e. The number of aliphatic hydroxyl groups is 1. The standard InChI is InChI=1S/C20H22ClN2O9P/c1-31-18(24)16(22-20(26)32-12-13-5-3-2-4-6-13)9-10-33(29,30)19(25)14-7-8-15(21)17(11-14)23(27)28/h2-8,11,16,19,25H,9-10,12H2,1H3,(H,22,26)(H,29,30)/t16-,19?/m1/s1. The number of ether oxygens (including phenoxy) is 2. The number of halogens is 1. The predicted molar refractivity (Wildman–Crippen MR) is 118 cm³/mol. The normalized spacial score (nSPS) is 14.4. The molecule has 2 rings (SSSR count). The van der Waals surface area contributed by atoms with Crippen molar-refractivity contribution in [1.29, 1.82) is 0 Å². The summed E-state index contributed by atoms with van der Waals surface area (Å²) in [5.74, 6) is -2.86. The van der Waals surface area contributed by atoms with Crippen LogP contribution in [-0.4, -0.2) is 46.3 Å². The van der Waals surface area contributed by atoms with Crippen molar-refractivity contribution in [3.05, 3.63) is 74.8 Å². The summed E-state index contributed by atoms with van der Waals surface area (Å²) in [7, 11) is -3.32. The van der Waals surface area contributed by atoms with Gasteiger partial charge in [-0.15, -0.1) is 0 Å². The van der Waals surface area contributed by atoms with Crippen molar-refractivity contribution >= 4 is 36.7 Å². The third kappa shape index (κ3) is 7.54. The van der Waals surface area contributed by atoms with Gasteiger partial charge in [0.15, 0.2) is 5.85 Å². The first-order valence-electron chi connectivity index (χ1n) is 9.53. The fraction of sp³-hybridized carbons (Fsp3) is 0.300. The number of alkyl carbamates (subject to hydrolysis) is 1. The van der Waals surface area contributed by atoms with Crippen LogP contribution < -0.4 is 5.32 Å². The summed E-state index contributed by atoms with van der Waals surface area (Å²) in [5, 5.41) is 23.4. The maximum absolute atomic E-state index is 12.7. The summed E-state index contributed by atoms with van der Waals surface area (Å²) in [6.45, 7) is -0.0624. The first-order valence-corrected chi connectivity index (χ1v) is 11.8. The Bertz CT molecular complexity index is 1050. The van der Waals surface area contributed by atoms with Crippen molar-refractivity contribution in [1.82, 2.24) is 5.32 Å². The van der Waals surface area contributed by atoms with Gasteiger partial charge in [-0.05, 0) is 23.6 Å². The van der Waals surface area contributed by atoms with E-state index in [0.29, 0.717) is 5.56 Å². The molecule has 2 unspecified atom stereocenters. The van der Waals surface area contributed by atoms with Crippen LogP contribution in [0, 0.1) is 10.1 Å². The van der Waals surface area contributed by atoms with E-state index in [1.54, 1.807) is 30.3 Å². The van der Waals surface area contributed by atoms with Gasteiger partial charge in [0.05, 0.1) is 12.0 Å². The van der Waals surface area contributed by atoms with Gasteiger partial charge in [0.1, 0.15) is 17.7 Å². The maximum Gasteiger partial charge on any atom is 0.408 e. The van der Waals surface area contributed by atoms with Crippen LogP contribution in [0.3, 0.4) is 0 Å². The summed E-state index contributed by atoms with van der Waals surface area (Å²) >= 11 is 5.72. The summed E-state index contributed by atoms with van der Waals surface area (Å²) < 4.78 is 22.3. The number of carbonyl (C=O) groups is 2. The number of aliphatic hydroxyl groups excluding tert-OH is 1. The lowest BCUT2D eigenvalue weighted by atomic mass is 10.2. The lowest BCUT2D eigenvalue weighted by molar-refractivity contribution is -0.384. The maximum atomic E-state index is 12.7. The smallest absolute Gasteiger partial charge is 0.408 e. The molecule has 0 bridgehead atoms. The van der Waals surface area contributed by atoms with Gasteiger partial charge in [-0.2, -0.15) is 0 Å². The average molecular weight is 501 g/mol. The second-order valence-corrected chi connectivity index (χ2v) is 9.75. The number of amides is 1. The average Bonchev–Trinajstić information content (AvgIpc) is 2.80. The first kappa shape index (κ1) is 26.3. The zero-order valence-corrected chi connectivity index (χ0v) is 19.1. The van der Waals surface area contributed by atoms with E-state index in [1.807, 2.05) is 0 Å². The van der Waals surface area contributed by atoms with Crippen molar-refractivity contribution in [3.63, 3.8) is 0 Å². The molecule has 3 atom stereocenters. The highest BCUT2D eigenvalue weighted by molar-refractivity contribution is 7.58. The fourth-order valence-corrected chi connectivity index (χ4v) is 4.48. The van der Waals surface area contributed by atoms with E-state index in [9.17, 15) is 34.3 Å². The fourth-order valence-electron chi connectivity index (χ4n) is 2.80. The van der Waals surface area contributed by atoms with Gasteiger partial charge >= 0.3 is 12.1 Å². The number of nitrogens with zero attached hydrogens (tertiary/aromatic N) is 1. The Hall–Kier alpha value is -2.98. The van der Waals surface area contributed by atoms with E-state index < -0.39 is 48.1 Å². The number of rotatable bonds is 10. The topological polar surface area (TPSA) is 165 Å². The number of carbonyl (C=O) groups excluding carboxylic acids is 2. The predicted octanol–water partition coefficient (Wildman–Crippen LogP) is 3.37. The number of hydrogen-bond acceptors (Lipinski definition) is 8. The van der Waals surface area contributed by atoms with Gasteiger partial charge in [-0.1, -0.05) is 48.0 Å². The van der Waals surface area contributed by atoms with E-state index in [-0.39, 0.29) is 23.6 Å². The number of esters is 1. The number of nitro benzene ring substituents is 1. The SMILES string of the molecule is COC(=O)[C@@H](CCP(=O)(O)C(O)c1ccc(Cl)c([N+](=O)[O-])c1)NC(=O)OCc1ccccc1. The molecule has 1 amide bonds. The molecule has 0 saturated heterocycles. The highest BCUT2D eigenvalue weighted by Gasteiger charge is 2.34. The molecule has 0 saturated carbocycles. The monoisotopic (exact) mass is 500 g/mol. The van der Waals surface area contributed by atoms with Crippen molar-refractivity contribution in [2.75, 3.05) is 13.3 Å². The highest BCUT2D eigenvalue weighted by Crippen LogP contribution is 2.55. The molecule has 0 heterocycles. The molecular formula is C20H22ClN2O9P. The van der Waals surface area contributed by atoms with Crippen LogP contribution in [0.15, 0.2) is 48.5 Å². The van der Waals surface area contributed by atoms with Crippen molar-refractivity contribution < 1.29 is 38.6 Å². The lowest BCUT2D eigenvalue weighted by Crippen LogP contribution is -2.42. The molecule has 0 fully saturated rings. The summed E-state index contributed by atoms with van der Waals surface area (Å²) in [4.78, 5) is 44.6. The van der Waals surface area contributed by atoms with Gasteiger partial charge in [0.2, 0.25) is 7.37 Å². The van der Waals surface area contributed by atoms with Crippen molar-refractivity contribution in [2.24, 2.45) is 0 Å². The Morgan fingerprint density at radius 2 is 1.91 bits per heavy atom. The third-order valence-corrected chi connectivity index (χ3v) is 6.86. The first-order chi connectivity index (χ1) is 15.5. The third-order valence-electron chi connectivity index (χ3n) is 4.58. The van der Waals surface area contributed by atoms with E-state index in [4.69, 9.17) is 16.3 Å². The second-order valence-electron chi connectivity index (χ2n) is 6.89. The molecule has 0 aliphatic carbocycles. The molecule has 178 valence electrons. The highest BCUT2D eigenvalue weighted by atomic mass is 35.5. The van der Waals surface area contributed by atoms with Crippen molar-refractivity contribution in [3.8, 4) is 0 Å². The van der Waals surface area contributed by atoms with Crippen LogP contribution in [0.25, 0.3) is 0 Å². The molecule has 13 heteroatoms. The van der Waals surface area contributed by atoms with Gasteiger partial charge in [0.25, 0.3) is 5.69 Å². The quantitative estimate of drug-likeness (QED) is 0.192. The van der Waals surface area contributed by atoms with Crippen LogP contribution in [0.2, 0.25) is 5.02 Å². The van der Waals surface area contributed by atoms with Crippen LogP contribution >= 0.6 is 19.0 Å². The van der Waals surface area contributed by atoms with E-state index in [0.717, 1.165) is 19.2 Å². The second kappa shape index (κ2) is 11.8. The van der Waals surface area contributed by atoms with Gasteiger partial charge < -0.3 is 24.8 Å².